The number of nitrogens with one attached hydrogen (secondary N) is 2. The quantitative estimate of drug-likeness (QED) is 0.308. The number of phenolic OH excluding ortho intramolecular Hbond substituents is 2. The van der Waals surface area contributed by atoms with E-state index in [1.165, 1.54) is 42.5 Å². The Morgan fingerprint density at radius 3 is 2.33 bits per heavy atom. The molecule has 0 heterocycles. The normalized spacial score (nSPS) is 11.0. The number of amides is 2. The second-order valence-electron chi connectivity index (χ2n) is 6.92. The summed E-state index contributed by atoms with van der Waals surface area (Å²) < 4.78 is 0.289. The van der Waals surface area contributed by atoms with E-state index in [-0.39, 0.29) is 39.2 Å². The molecule has 3 rings (SSSR count). The van der Waals surface area contributed by atoms with Crippen LogP contribution in [0.15, 0.2) is 76.9 Å². The van der Waals surface area contributed by atoms with Gasteiger partial charge in [-0.05, 0) is 64.0 Å². The predicted molar refractivity (Wildman–Crippen MR) is 125 cm³/mol. The zero-order valence-corrected chi connectivity index (χ0v) is 18.7. The van der Waals surface area contributed by atoms with Gasteiger partial charge in [-0.25, -0.2) is 4.79 Å². The lowest BCUT2D eigenvalue weighted by atomic mass is 10.1. The minimum Gasteiger partial charge on any atom is -0.508 e. The van der Waals surface area contributed by atoms with Gasteiger partial charge in [-0.2, -0.15) is 0 Å². The number of carbonyl (C=O) groups is 3. The predicted octanol–water partition coefficient (Wildman–Crippen LogP) is 3.65. The minimum atomic E-state index is -1.38. The van der Waals surface area contributed by atoms with Crippen molar-refractivity contribution in [1.82, 2.24) is 10.6 Å². The number of para-hydroxylation sites is 1. The second-order valence-corrected chi connectivity index (χ2v) is 7.78. The molecule has 0 radical (unpaired) electrons. The molecule has 0 unspecified atom stereocenters. The highest BCUT2D eigenvalue weighted by atomic mass is 79.9. The van der Waals surface area contributed by atoms with Gasteiger partial charge in [0.15, 0.2) is 0 Å². The van der Waals surface area contributed by atoms with Gasteiger partial charge < -0.3 is 26.0 Å². The molecule has 2 amide bonds. The van der Waals surface area contributed by atoms with Crippen molar-refractivity contribution in [2.24, 2.45) is 0 Å². The van der Waals surface area contributed by atoms with Crippen LogP contribution in [0.3, 0.4) is 0 Å². The van der Waals surface area contributed by atoms with E-state index in [1.807, 2.05) is 0 Å². The van der Waals surface area contributed by atoms with Crippen molar-refractivity contribution in [3.8, 4) is 11.5 Å². The number of hydrogen-bond donors (Lipinski definition) is 5. The van der Waals surface area contributed by atoms with Gasteiger partial charge in [-0.3, -0.25) is 9.59 Å². The fourth-order valence-electron chi connectivity index (χ4n) is 2.90. The monoisotopic (exact) mass is 510 g/mol. The smallest absolute Gasteiger partial charge is 0.352 e. The van der Waals surface area contributed by atoms with Gasteiger partial charge in [-0.1, -0.05) is 30.3 Å². The third kappa shape index (κ3) is 6.20. The molecule has 0 bridgehead atoms. The number of aromatic hydroxyl groups is 2. The number of hydrogen-bond acceptors (Lipinski definition) is 5. The Bertz CT molecular complexity index is 1260. The van der Waals surface area contributed by atoms with E-state index in [2.05, 4.69) is 26.6 Å². The van der Waals surface area contributed by atoms with Crippen LogP contribution in [0.4, 0.5) is 0 Å². The topological polar surface area (TPSA) is 136 Å². The minimum absolute atomic E-state index is 0.0946. The van der Waals surface area contributed by atoms with Gasteiger partial charge in [0.2, 0.25) is 0 Å². The Morgan fingerprint density at radius 2 is 1.67 bits per heavy atom. The lowest BCUT2D eigenvalue weighted by Crippen LogP contribution is -2.28. The van der Waals surface area contributed by atoms with Crippen LogP contribution in [0.5, 0.6) is 11.5 Å². The summed E-state index contributed by atoms with van der Waals surface area (Å²) in [5.74, 6) is -2.52. The summed E-state index contributed by atoms with van der Waals surface area (Å²) in [7, 11) is 0. The summed E-state index contributed by atoms with van der Waals surface area (Å²) >= 11 is 3.25. The molecule has 5 N–H and O–H groups in total. The Kier molecular flexibility index (Phi) is 7.47. The molecule has 0 aliphatic carbocycles. The van der Waals surface area contributed by atoms with Crippen LogP contribution in [0, 0.1) is 0 Å². The second kappa shape index (κ2) is 10.5. The fraction of sp³-hybridized carbons (Fsp3) is 0.0417. The third-order valence-corrected chi connectivity index (χ3v) is 5.21. The maximum Gasteiger partial charge on any atom is 0.352 e. The molecule has 0 saturated carbocycles. The molecule has 0 aromatic heterocycles. The van der Waals surface area contributed by atoms with E-state index < -0.39 is 23.5 Å². The zero-order chi connectivity index (χ0) is 24.0. The standard InChI is InChI=1S/C24H19BrN2O6/c25-19-11-16(22(30)26-13-14-4-3-6-17(28)10-14)8-9-18(19)23(31)27-20(24(32)33)12-15-5-1-2-7-21(15)29/h1-12,28-29H,13H2,(H,26,30)(H,27,31)(H,32,33)/b20-12-. The first-order chi connectivity index (χ1) is 15.7. The van der Waals surface area contributed by atoms with Gasteiger partial charge in [0, 0.05) is 22.1 Å². The van der Waals surface area contributed by atoms with E-state index in [9.17, 15) is 29.7 Å². The first-order valence-corrected chi connectivity index (χ1v) is 10.4. The number of carbonyl (C=O) groups excluding carboxylic acids is 2. The Labute approximate surface area is 197 Å². The lowest BCUT2D eigenvalue weighted by molar-refractivity contribution is -0.132. The Morgan fingerprint density at radius 1 is 0.909 bits per heavy atom. The lowest BCUT2D eigenvalue weighted by Gasteiger charge is -2.10. The van der Waals surface area contributed by atoms with Crippen LogP contribution in [-0.2, 0) is 11.3 Å². The van der Waals surface area contributed by atoms with Crippen molar-refractivity contribution < 1.29 is 29.7 Å². The molecule has 8 nitrogen and oxygen atoms in total. The van der Waals surface area contributed by atoms with Gasteiger partial charge in [0.05, 0.1) is 5.56 Å². The van der Waals surface area contributed by atoms with Crippen molar-refractivity contribution in [2.75, 3.05) is 0 Å². The van der Waals surface area contributed by atoms with Crippen molar-refractivity contribution >= 4 is 39.8 Å². The summed E-state index contributed by atoms with van der Waals surface area (Å²) in [6.07, 6.45) is 1.15. The van der Waals surface area contributed by atoms with E-state index in [0.717, 1.165) is 11.6 Å². The van der Waals surface area contributed by atoms with Gasteiger partial charge in [0.25, 0.3) is 11.8 Å². The highest BCUT2D eigenvalue weighted by Gasteiger charge is 2.18. The van der Waals surface area contributed by atoms with Crippen molar-refractivity contribution in [2.45, 2.75) is 6.54 Å². The highest BCUT2D eigenvalue weighted by molar-refractivity contribution is 9.10. The fourth-order valence-corrected chi connectivity index (χ4v) is 3.46. The molecule has 9 heteroatoms. The van der Waals surface area contributed by atoms with Crippen LogP contribution < -0.4 is 10.6 Å². The molecular formula is C24H19BrN2O6. The molecule has 0 saturated heterocycles. The van der Waals surface area contributed by atoms with Crippen LogP contribution in [0.2, 0.25) is 0 Å². The molecular weight excluding hydrogens is 492 g/mol. The average molecular weight is 511 g/mol. The molecule has 3 aromatic carbocycles. The summed E-state index contributed by atoms with van der Waals surface area (Å²) in [4.78, 5) is 36.7. The van der Waals surface area contributed by atoms with E-state index in [4.69, 9.17) is 0 Å². The third-order valence-electron chi connectivity index (χ3n) is 4.55. The van der Waals surface area contributed by atoms with Crippen molar-refractivity contribution in [1.29, 1.82) is 0 Å². The first-order valence-electron chi connectivity index (χ1n) is 9.64. The molecule has 0 atom stereocenters. The summed E-state index contributed by atoms with van der Waals surface area (Å²) in [5.41, 5.74) is 0.913. The van der Waals surface area contributed by atoms with E-state index in [1.54, 1.807) is 24.3 Å². The summed E-state index contributed by atoms with van der Waals surface area (Å²) in [5, 5.41) is 33.8. The number of carboxylic acids is 1. The number of carboxylic acid groups (broad SMARTS) is 1. The highest BCUT2D eigenvalue weighted by Crippen LogP contribution is 2.21. The Hall–Kier alpha value is -4.11. The number of aliphatic carboxylic acids is 1. The SMILES string of the molecule is O=C(O)/C(=C/c1ccccc1O)NC(=O)c1ccc(C(=O)NCc2cccc(O)c2)cc1Br. The largest absolute Gasteiger partial charge is 0.508 e. The van der Waals surface area contributed by atoms with Crippen molar-refractivity contribution in [3.63, 3.8) is 0 Å². The van der Waals surface area contributed by atoms with Crippen LogP contribution >= 0.6 is 15.9 Å². The average Bonchev–Trinajstić information content (AvgIpc) is 2.78. The zero-order valence-electron chi connectivity index (χ0n) is 17.1. The maximum atomic E-state index is 12.6. The molecule has 33 heavy (non-hydrogen) atoms. The number of halogens is 1. The van der Waals surface area contributed by atoms with E-state index in [0.29, 0.717) is 0 Å². The summed E-state index contributed by atoms with van der Waals surface area (Å²) in [6, 6.07) is 16.9. The first kappa shape index (κ1) is 23.6. The van der Waals surface area contributed by atoms with Gasteiger partial charge in [-0.15, -0.1) is 0 Å². The molecule has 0 spiro atoms. The van der Waals surface area contributed by atoms with Gasteiger partial charge >= 0.3 is 5.97 Å². The van der Waals surface area contributed by atoms with Crippen LogP contribution in [-0.4, -0.2) is 33.1 Å². The number of benzene rings is 3. The molecule has 3 aromatic rings. The molecule has 0 aliphatic rings. The molecule has 0 fully saturated rings. The van der Waals surface area contributed by atoms with Crippen LogP contribution in [0.25, 0.3) is 6.08 Å². The molecule has 0 aliphatic heterocycles. The Balaban J connectivity index is 1.72. The number of rotatable bonds is 7. The summed E-state index contributed by atoms with van der Waals surface area (Å²) in [6.45, 7) is 0.201. The number of phenols is 2. The van der Waals surface area contributed by atoms with Crippen molar-refractivity contribution in [3.05, 3.63) is 99.2 Å². The van der Waals surface area contributed by atoms with Crippen LogP contribution in [0.1, 0.15) is 31.8 Å². The van der Waals surface area contributed by atoms with E-state index >= 15 is 0 Å². The molecule has 168 valence electrons. The maximum absolute atomic E-state index is 12.6. The van der Waals surface area contributed by atoms with Gasteiger partial charge in [0.1, 0.15) is 17.2 Å².